The van der Waals surface area contributed by atoms with Crippen LogP contribution in [0.3, 0.4) is 0 Å². The van der Waals surface area contributed by atoms with Crippen molar-refractivity contribution in [3.8, 4) is 0 Å². The monoisotopic (exact) mass is 242 g/mol. The summed E-state index contributed by atoms with van der Waals surface area (Å²) < 4.78 is 4.89. The largest absolute Gasteiger partial charge is 0.385 e. The van der Waals surface area contributed by atoms with Gasteiger partial charge in [0.05, 0.1) is 11.6 Å². The molecule has 0 spiro atoms. The second kappa shape index (κ2) is 7.19. The fourth-order valence-corrected chi connectivity index (χ4v) is 1.36. The van der Waals surface area contributed by atoms with Gasteiger partial charge in [-0.2, -0.15) is 0 Å². The molecule has 1 aromatic heterocycles. The number of nitrogens with one attached hydrogen (secondary N) is 1. The normalized spacial score (nSPS) is 10.1. The first-order valence-electron chi connectivity index (χ1n) is 5.06. The van der Waals surface area contributed by atoms with E-state index >= 15 is 0 Å². The average Bonchev–Trinajstić information content (AvgIpc) is 2.34. The molecule has 16 heavy (non-hydrogen) atoms. The number of rotatable bonds is 6. The number of carbonyl (C=O) groups excluding carboxylic acids is 1. The smallest absolute Gasteiger partial charge is 0.251 e. The fourth-order valence-electron chi connectivity index (χ4n) is 1.21. The van der Waals surface area contributed by atoms with Crippen molar-refractivity contribution in [2.45, 2.75) is 12.3 Å². The van der Waals surface area contributed by atoms with Crippen LogP contribution in [0.15, 0.2) is 18.3 Å². The second-order valence-corrected chi connectivity index (χ2v) is 3.54. The summed E-state index contributed by atoms with van der Waals surface area (Å²) >= 11 is 5.64. The van der Waals surface area contributed by atoms with Gasteiger partial charge in [-0.3, -0.25) is 9.78 Å². The van der Waals surface area contributed by atoms with Crippen LogP contribution >= 0.6 is 11.6 Å². The lowest BCUT2D eigenvalue weighted by Crippen LogP contribution is -2.25. The number of methoxy groups -OCH3 is 1. The highest BCUT2D eigenvalue weighted by atomic mass is 35.5. The number of nitrogens with zero attached hydrogens (tertiary/aromatic N) is 1. The van der Waals surface area contributed by atoms with Crippen molar-refractivity contribution in [1.82, 2.24) is 10.3 Å². The number of amides is 1. The van der Waals surface area contributed by atoms with E-state index in [0.29, 0.717) is 30.3 Å². The molecule has 88 valence electrons. The molecule has 1 aromatic rings. The van der Waals surface area contributed by atoms with Crippen molar-refractivity contribution in [1.29, 1.82) is 0 Å². The van der Waals surface area contributed by atoms with Gasteiger partial charge in [0.25, 0.3) is 5.91 Å². The Kier molecular flexibility index (Phi) is 5.82. The molecule has 5 heteroatoms. The highest BCUT2D eigenvalue weighted by Gasteiger charge is 2.05. The summed E-state index contributed by atoms with van der Waals surface area (Å²) in [6, 6.07) is 3.36. The third kappa shape index (κ3) is 4.16. The van der Waals surface area contributed by atoms with Gasteiger partial charge in [-0.25, -0.2) is 0 Å². The Labute approximate surface area is 100.0 Å². The first kappa shape index (κ1) is 12.9. The van der Waals surface area contributed by atoms with Gasteiger partial charge in [0.15, 0.2) is 0 Å². The zero-order chi connectivity index (χ0) is 11.8. The van der Waals surface area contributed by atoms with Crippen LogP contribution in [0.1, 0.15) is 22.5 Å². The molecule has 0 fully saturated rings. The zero-order valence-electron chi connectivity index (χ0n) is 9.20. The third-order valence-electron chi connectivity index (χ3n) is 2.03. The van der Waals surface area contributed by atoms with E-state index in [1.807, 2.05) is 0 Å². The maximum atomic E-state index is 11.7. The highest BCUT2D eigenvalue weighted by molar-refractivity contribution is 6.16. The summed E-state index contributed by atoms with van der Waals surface area (Å²) in [5.41, 5.74) is 1.29. The van der Waals surface area contributed by atoms with Crippen molar-refractivity contribution >= 4 is 17.5 Å². The Morgan fingerprint density at radius 1 is 1.62 bits per heavy atom. The Morgan fingerprint density at radius 3 is 3.12 bits per heavy atom. The molecule has 0 saturated carbocycles. The molecule has 0 bridgehead atoms. The molecule has 0 aliphatic heterocycles. The second-order valence-electron chi connectivity index (χ2n) is 3.27. The lowest BCUT2D eigenvalue weighted by Gasteiger charge is -2.05. The number of alkyl halides is 1. The standard InChI is InChI=1S/C11H15ClN2O2/c1-16-6-2-4-14-11(15)9-3-5-13-10(7-9)8-12/h3,5,7H,2,4,6,8H2,1H3,(H,14,15). The molecular formula is C11H15ClN2O2. The number of halogens is 1. The minimum Gasteiger partial charge on any atom is -0.385 e. The van der Waals surface area contributed by atoms with E-state index in [4.69, 9.17) is 16.3 Å². The Hall–Kier alpha value is -1.13. The van der Waals surface area contributed by atoms with Gasteiger partial charge >= 0.3 is 0 Å². The van der Waals surface area contributed by atoms with E-state index in [2.05, 4.69) is 10.3 Å². The van der Waals surface area contributed by atoms with Gasteiger partial charge in [-0.1, -0.05) is 0 Å². The molecule has 0 saturated heterocycles. The number of carbonyl (C=O) groups is 1. The van der Waals surface area contributed by atoms with Crippen LogP contribution in [-0.2, 0) is 10.6 Å². The van der Waals surface area contributed by atoms with Crippen molar-refractivity contribution < 1.29 is 9.53 Å². The average molecular weight is 243 g/mol. The first-order chi connectivity index (χ1) is 7.77. The van der Waals surface area contributed by atoms with Crippen molar-refractivity contribution in [3.63, 3.8) is 0 Å². The van der Waals surface area contributed by atoms with Gasteiger partial charge in [-0.05, 0) is 18.6 Å². The van der Waals surface area contributed by atoms with Gasteiger partial charge in [0.2, 0.25) is 0 Å². The molecule has 4 nitrogen and oxygen atoms in total. The molecule has 0 aliphatic rings. The summed E-state index contributed by atoms with van der Waals surface area (Å²) in [5, 5.41) is 2.80. The van der Waals surface area contributed by atoms with E-state index in [-0.39, 0.29) is 5.91 Å². The maximum Gasteiger partial charge on any atom is 0.251 e. The number of pyridine rings is 1. The predicted octanol–water partition coefficient (Wildman–Crippen LogP) is 1.59. The Balaban J connectivity index is 2.46. The number of hydrogen-bond acceptors (Lipinski definition) is 3. The minimum absolute atomic E-state index is 0.107. The molecule has 0 aliphatic carbocycles. The van der Waals surface area contributed by atoms with Gasteiger partial charge < -0.3 is 10.1 Å². The SMILES string of the molecule is COCCCNC(=O)c1ccnc(CCl)c1. The van der Waals surface area contributed by atoms with Crippen LogP contribution in [-0.4, -0.2) is 31.2 Å². The van der Waals surface area contributed by atoms with Crippen LogP contribution in [0.25, 0.3) is 0 Å². The molecule has 0 aromatic carbocycles. The van der Waals surface area contributed by atoms with E-state index in [1.165, 1.54) is 0 Å². The van der Waals surface area contributed by atoms with Gasteiger partial charge in [0, 0.05) is 32.0 Å². The topological polar surface area (TPSA) is 51.2 Å². The van der Waals surface area contributed by atoms with Crippen molar-refractivity contribution in [3.05, 3.63) is 29.6 Å². The van der Waals surface area contributed by atoms with Crippen LogP contribution in [0.4, 0.5) is 0 Å². The maximum absolute atomic E-state index is 11.7. The van der Waals surface area contributed by atoms with Crippen LogP contribution in [0.2, 0.25) is 0 Å². The fraction of sp³-hybridized carbons (Fsp3) is 0.455. The Bertz CT molecular complexity index is 345. The summed E-state index contributed by atoms with van der Waals surface area (Å²) in [4.78, 5) is 15.7. The van der Waals surface area contributed by atoms with Crippen LogP contribution < -0.4 is 5.32 Å². The molecule has 0 atom stereocenters. The number of hydrogen-bond donors (Lipinski definition) is 1. The van der Waals surface area contributed by atoms with E-state index in [9.17, 15) is 4.79 Å². The molecule has 1 amide bonds. The number of aromatic nitrogens is 1. The minimum atomic E-state index is -0.107. The zero-order valence-corrected chi connectivity index (χ0v) is 9.96. The first-order valence-corrected chi connectivity index (χ1v) is 5.59. The van der Waals surface area contributed by atoms with Crippen molar-refractivity contribution in [2.24, 2.45) is 0 Å². The quantitative estimate of drug-likeness (QED) is 0.609. The van der Waals surface area contributed by atoms with E-state index in [0.717, 1.165) is 6.42 Å². The van der Waals surface area contributed by atoms with Crippen LogP contribution in [0.5, 0.6) is 0 Å². The van der Waals surface area contributed by atoms with Gasteiger partial charge in [-0.15, -0.1) is 11.6 Å². The van der Waals surface area contributed by atoms with E-state index < -0.39 is 0 Å². The van der Waals surface area contributed by atoms with E-state index in [1.54, 1.807) is 25.4 Å². The predicted molar refractivity (Wildman–Crippen MR) is 62.6 cm³/mol. The van der Waals surface area contributed by atoms with Crippen LogP contribution in [0, 0.1) is 0 Å². The number of ether oxygens (including phenoxy) is 1. The summed E-state index contributed by atoms with van der Waals surface area (Å²) in [7, 11) is 1.64. The lowest BCUT2D eigenvalue weighted by atomic mass is 10.2. The molecular weight excluding hydrogens is 228 g/mol. The summed E-state index contributed by atoms with van der Waals surface area (Å²) in [5.74, 6) is 0.204. The summed E-state index contributed by atoms with van der Waals surface area (Å²) in [6.07, 6.45) is 2.39. The molecule has 0 unspecified atom stereocenters. The van der Waals surface area contributed by atoms with Crippen molar-refractivity contribution in [2.75, 3.05) is 20.3 Å². The highest BCUT2D eigenvalue weighted by Crippen LogP contribution is 2.04. The Morgan fingerprint density at radius 2 is 2.44 bits per heavy atom. The lowest BCUT2D eigenvalue weighted by molar-refractivity contribution is 0.0948. The van der Waals surface area contributed by atoms with Gasteiger partial charge in [0.1, 0.15) is 0 Å². The molecule has 1 N–H and O–H groups in total. The molecule has 1 heterocycles. The third-order valence-corrected chi connectivity index (χ3v) is 2.30. The molecule has 1 rings (SSSR count). The summed E-state index contributed by atoms with van der Waals surface area (Å²) in [6.45, 7) is 1.24. The molecule has 0 radical (unpaired) electrons.